The van der Waals surface area contributed by atoms with Crippen LogP contribution in [0.15, 0.2) is 24.3 Å². The second kappa shape index (κ2) is 8.52. The molecule has 2 rings (SSSR count). The summed E-state index contributed by atoms with van der Waals surface area (Å²) in [4.78, 5) is 5.04. The summed E-state index contributed by atoms with van der Waals surface area (Å²) in [6, 6.07) is 8.89. The van der Waals surface area contributed by atoms with Gasteiger partial charge in [0, 0.05) is 26.2 Å². The Morgan fingerprint density at radius 3 is 2.57 bits per heavy atom. The lowest BCUT2D eigenvalue weighted by atomic mass is 10.1. The van der Waals surface area contributed by atoms with Crippen LogP contribution in [0.5, 0.6) is 0 Å². The van der Waals surface area contributed by atoms with Crippen molar-refractivity contribution in [1.82, 2.24) is 15.1 Å². The maximum Gasteiger partial charge on any atom is 0.0237 e. The van der Waals surface area contributed by atoms with Crippen molar-refractivity contribution in [1.29, 1.82) is 0 Å². The van der Waals surface area contributed by atoms with Gasteiger partial charge in [0.1, 0.15) is 0 Å². The van der Waals surface area contributed by atoms with Crippen LogP contribution in [0.4, 0.5) is 0 Å². The van der Waals surface area contributed by atoms with Crippen molar-refractivity contribution in [2.75, 3.05) is 39.8 Å². The Kier molecular flexibility index (Phi) is 6.68. The van der Waals surface area contributed by atoms with E-state index in [-0.39, 0.29) is 0 Å². The first-order valence-corrected chi connectivity index (χ1v) is 8.33. The first kappa shape index (κ1) is 16.5. The molecule has 1 aromatic carbocycles. The van der Waals surface area contributed by atoms with Crippen molar-refractivity contribution in [2.24, 2.45) is 5.92 Å². The molecule has 3 heteroatoms. The molecule has 0 aromatic heterocycles. The molecule has 0 bridgehead atoms. The van der Waals surface area contributed by atoms with Crippen molar-refractivity contribution < 1.29 is 0 Å². The highest BCUT2D eigenvalue weighted by atomic mass is 15.2. The van der Waals surface area contributed by atoms with Crippen molar-refractivity contribution in [3.63, 3.8) is 0 Å². The van der Waals surface area contributed by atoms with E-state index < -0.39 is 0 Å². The van der Waals surface area contributed by atoms with Gasteiger partial charge in [-0.05, 0) is 50.1 Å². The molecule has 1 aliphatic heterocycles. The molecule has 1 N–H and O–H groups in total. The molecule has 0 radical (unpaired) electrons. The number of benzene rings is 1. The largest absolute Gasteiger partial charge is 0.312 e. The number of hydrogen-bond donors (Lipinski definition) is 1. The van der Waals surface area contributed by atoms with E-state index in [1.54, 1.807) is 0 Å². The van der Waals surface area contributed by atoms with Gasteiger partial charge in [-0.15, -0.1) is 0 Å². The van der Waals surface area contributed by atoms with Crippen LogP contribution in [0.2, 0.25) is 0 Å². The van der Waals surface area contributed by atoms with Crippen LogP contribution < -0.4 is 5.32 Å². The predicted octanol–water partition coefficient (Wildman–Crippen LogP) is 2.57. The fourth-order valence-corrected chi connectivity index (χ4v) is 2.88. The number of rotatable bonds is 6. The second-order valence-corrected chi connectivity index (χ2v) is 6.73. The van der Waals surface area contributed by atoms with Crippen molar-refractivity contribution in [2.45, 2.75) is 33.4 Å². The van der Waals surface area contributed by atoms with Gasteiger partial charge in [-0.1, -0.05) is 38.1 Å². The first-order chi connectivity index (χ1) is 10.1. The summed E-state index contributed by atoms with van der Waals surface area (Å²) in [6.45, 7) is 12.5. The highest BCUT2D eigenvalue weighted by molar-refractivity contribution is 5.27. The third-order valence-electron chi connectivity index (χ3n) is 4.19. The Bertz CT molecular complexity index is 417. The Hall–Kier alpha value is -0.900. The number of hydrogen-bond acceptors (Lipinski definition) is 3. The molecule has 0 atom stereocenters. The van der Waals surface area contributed by atoms with Crippen LogP contribution in [0.25, 0.3) is 0 Å². The topological polar surface area (TPSA) is 18.5 Å². The summed E-state index contributed by atoms with van der Waals surface area (Å²) in [6.07, 6.45) is 1.28. The van der Waals surface area contributed by atoms with Crippen LogP contribution in [-0.4, -0.2) is 49.6 Å². The molecule has 1 fully saturated rings. The molecule has 0 amide bonds. The van der Waals surface area contributed by atoms with Gasteiger partial charge in [0.15, 0.2) is 0 Å². The minimum Gasteiger partial charge on any atom is -0.312 e. The van der Waals surface area contributed by atoms with Gasteiger partial charge < -0.3 is 10.2 Å². The molecule has 0 spiro atoms. The lowest BCUT2D eigenvalue weighted by Crippen LogP contribution is -2.29. The zero-order chi connectivity index (χ0) is 15.1. The third kappa shape index (κ3) is 5.77. The fourth-order valence-electron chi connectivity index (χ4n) is 2.88. The lowest BCUT2D eigenvalue weighted by Gasteiger charge is -2.22. The molecule has 3 nitrogen and oxygen atoms in total. The van der Waals surface area contributed by atoms with Crippen molar-refractivity contribution >= 4 is 0 Å². The minimum atomic E-state index is 0.707. The molecule has 21 heavy (non-hydrogen) atoms. The van der Waals surface area contributed by atoms with E-state index in [9.17, 15) is 0 Å². The Morgan fingerprint density at radius 1 is 1.05 bits per heavy atom. The molecule has 1 aromatic rings. The van der Waals surface area contributed by atoms with Gasteiger partial charge in [-0.3, -0.25) is 4.90 Å². The second-order valence-electron chi connectivity index (χ2n) is 6.73. The average molecular weight is 289 g/mol. The van der Waals surface area contributed by atoms with Crippen LogP contribution >= 0.6 is 0 Å². The van der Waals surface area contributed by atoms with E-state index >= 15 is 0 Å². The van der Waals surface area contributed by atoms with E-state index in [0.29, 0.717) is 5.92 Å². The molecular formula is C18H31N3. The molecule has 118 valence electrons. The van der Waals surface area contributed by atoms with Gasteiger partial charge in [0.2, 0.25) is 0 Å². The van der Waals surface area contributed by atoms with E-state index in [2.05, 4.69) is 60.3 Å². The molecule has 0 unspecified atom stereocenters. The maximum atomic E-state index is 3.57. The normalized spacial score (nSPS) is 18.1. The predicted molar refractivity (Wildman–Crippen MR) is 90.4 cm³/mol. The van der Waals surface area contributed by atoms with Gasteiger partial charge in [-0.25, -0.2) is 0 Å². The van der Waals surface area contributed by atoms with Gasteiger partial charge in [0.25, 0.3) is 0 Å². The molecule has 0 aliphatic carbocycles. The monoisotopic (exact) mass is 289 g/mol. The third-order valence-corrected chi connectivity index (χ3v) is 4.19. The summed E-state index contributed by atoms with van der Waals surface area (Å²) in [7, 11) is 2.23. The minimum absolute atomic E-state index is 0.707. The van der Waals surface area contributed by atoms with E-state index in [1.807, 2.05) is 0 Å². The SMILES string of the molecule is CC(C)CNCc1ccccc1CN1CCCN(C)CC1. The van der Waals surface area contributed by atoms with Crippen LogP contribution in [-0.2, 0) is 13.1 Å². The quantitative estimate of drug-likeness (QED) is 0.868. The van der Waals surface area contributed by atoms with E-state index in [4.69, 9.17) is 0 Å². The van der Waals surface area contributed by atoms with E-state index in [1.165, 1.54) is 43.7 Å². The smallest absolute Gasteiger partial charge is 0.0237 e. The van der Waals surface area contributed by atoms with Crippen molar-refractivity contribution in [3.05, 3.63) is 35.4 Å². The summed E-state index contributed by atoms with van der Waals surface area (Å²) in [5, 5.41) is 3.57. The van der Waals surface area contributed by atoms with Crippen LogP contribution in [0.3, 0.4) is 0 Å². The summed E-state index contributed by atoms with van der Waals surface area (Å²) >= 11 is 0. The number of nitrogens with zero attached hydrogens (tertiary/aromatic N) is 2. The Balaban J connectivity index is 1.92. The fraction of sp³-hybridized carbons (Fsp3) is 0.667. The molecule has 1 aliphatic rings. The van der Waals surface area contributed by atoms with Crippen LogP contribution in [0, 0.1) is 5.92 Å². The summed E-state index contributed by atoms with van der Waals surface area (Å²) < 4.78 is 0. The zero-order valence-corrected chi connectivity index (χ0v) is 13.9. The first-order valence-electron chi connectivity index (χ1n) is 8.33. The number of nitrogens with one attached hydrogen (secondary N) is 1. The maximum absolute atomic E-state index is 3.57. The van der Waals surface area contributed by atoms with Crippen LogP contribution in [0.1, 0.15) is 31.4 Å². The highest BCUT2D eigenvalue weighted by Gasteiger charge is 2.13. The van der Waals surface area contributed by atoms with Crippen molar-refractivity contribution in [3.8, 4) is 0 Å². The Labute approximate surface area is 130 Å². The molecular weight excluding hydrogens is 258 g/mol. The molecule has 1 heterocycles. The standard InChI is InChI=1S/C18H31N3/c1-16(2)13-19-14-17-7-4-5-8-18(17)15-21-10-6-9-20(3)11-12-21/h4-5,7-8,16,19H,6,9-15H2,1-3H3. The number of likely N-dealkylation sites (N-methyl/N-ethyl adjacent to an activating group) is 1. The van der Waals surface area contributed by atoms with Gasteiger partial charge in [0.05, 0.1) is 0 Å². The lowest BCUT2D eigenvalue weighted by molar-refractivity contribution is 0.268. The zero-order valence-electron chi connectivity index (χ0n) is 13.9. The van der Waals surface area contributed by atoms with E-state index in [0.717, 1.165) is 19.6 Å². The van der Waals surface area contributed by atoms with Gasteiger partial charge >= 0.3 is 0 Å². The molecule has 0 saturated carbocycles. The molecule has 1 saturated heterocycles. The highest BCUT2D eigenvalue weighted by Crippen LogP contribution is 2.13. The summed E-state index contributed by atoms with van der Waals surface area (Å²) in [5.74, 6) is 0.707. The summed E-state index contributed by atoms with van der Waals surface area (Å²) in [5.41, 5.74) is 2.94. The Morgan fingerprint density at radius 2 is 1.81 bits per heavy atom. The average Bonchev–Trinajstić information content (AvgIpc) is 2.65. The van der Waals surface area contributed by atoms with Gasteiger partial charge in [-0.2, -0.15) is 0 Å².